The Morgan fingerprint density at radius 2 is 1.95 bits per heavy atom. The van der Waals surface area contributed by atoms with E-state index in [9.17, 15) is 5.11 Å². The SMILES string of the molecule is CC(C)(O)CN1CCN(c2cnc(C#N)cn2)CC1. The van der Waals surface area contributed by atoms with Crippen LogP contribution in [0.4, 0.5) is 5.82 Å². The molecule has 6 heteroatoms. The van der Waals surface area contributed by atoms with Gasteiger partial charge in [-0.2, -0.15) is 5.26 Å². The van der Waals surface area contributed by atoms with Crippen LogP contribution in [0.1, 0.15) is 19.5 Å². The van der Waals surface area contributed by atoms with E-state index >= 15 is 0 Å². The molecule has 0 atom stereocenters. The fraction of sp³-hybridized carbons (Fsp3) is 0.615. The third kappa shape index (κ3) is 3.88. The molecule has 0 amide bonds. The van der Waals surface area contributed by atoms with Crippen LogP contribution in [-0.2, 0) is 0 Å². The van der Waals surface area contributed by atoms with Crippen molar-refractivity contribution in [3.63, 3.8) is 0 Å². The minimum absolute atomic E-state index is 0.337. The molecule has 0 bridgehead atoms. The van der Waals surface area contributed by atoms with E-state index in [0.29, 0.717) is 12.2 Å². The Kier molecular flexibility index (Phi) is 3.98. The number of nitriles is 1. The van der Waals surface area contributed by atoms with Gasteiger partial charge < -0.3 is 10.0 Å². The summed E-state index contributed by atoms with van der Waals surface area (Å²) in [4.78, 5) is 12.7. The fourth-order valence-electron chi connectivity index (χ4n) is 2.22. The zero-order valence-corrected chi connectivity index (χ0v) is 11.4. The molecule has 1 aromatic rings. The van der Waals surface area contributed by atoms with Crippen molar-refractivity contribution in [2.45, 2.75) is 19.4 Å². The number of hydrogen-bond acceptors (Lipinski definition) is 6. The highest BCUT2D eigenvalue weighted by atomic mass is 16.3. The van der Waals surface area contributed by atoms with Crippen molar-refractivity contribution in [3.05, 3.63) is 18.1 Å². The van der Waals surface area contributed by atoms with Gasteiger partial charge in [-0.1, -0.05) is 0 Å². The van der Waals surface area contributed by atoms with Crippen LogP contribution >= 0.6 is 0 Å². The number of hydrogen-bond donors (Lipinski definition) is 1. The van der Waals surface area contributed by atoms with Crippen molar-refractivity contribution in [1.82, 2.24) is 14.9 Å². The van der Waals surface area contributed by atoms with E-state index in [2.05, 4.69) is 19.8 Å². The first-order valence-corrected chi connectivity index (χ1v) is 6.40. The van der Waals surface area contributed by atoms with Gasteiger partial charge in [-0.05, 0) is 13.8 Å². The summed E-state index contributed by atoms with van der Waals surface area (Å²) in [7, 11) is 0. The molecule has 0 aliphatic carbocycles. The molecule has 0 unspecified atom stereocenters. The molecule has 1 N–H and O–H groups in total. The van der Waals surface area contributed by atoms with Gasteiger partial charge in [0.25, 0.3) is 0 Å². The second-order valence-electron chi connectivity index (χ2n) is 5.45. The molecule has 2 heterocycles. The lowest BCUT2D eigenvalue weighted by Crippen LogP contribution is -2.50. The normalized spacial score (nSPS) is 17.3. The first-order chi connectivity index (χ1) is 8.98. The van der Waals surface area contributed by atoms with Gasteiger partial charge in [0.1, 0.15) is 11.9 Å². The summed E-state index contributed by atoms with van der Waals surface area (Å²) in [5.74, 6) is 0.807. The van der Waals surface area contributed by atoms with Gasteiger partial charge in [-0.25, -0.2) is 9.97 Å². The molecule has 0 saturated carbocycles. The second-order valence-corrected chi connectivity index (χ2v) is 5.45. The molecule has 0 radical (unpaired) electrons. The van der Waals surface area contributed by atoms with Crippen molar-refractivity contribution in [2.24, 2.45) is 0 Å². The summed E-state index contributed by atoms with van der Waals surface area (Å²) >= 11 is 0. The molecule has 1 aliphatic heterocycles. The fourth-order valence-corrected chi connectivity index (χ4v) is 2.22. The summed E-state index contributed by atoms with van der Waals surface area (Å²) in [6.45, 7) is 7.83. The lowest BCUT2D eigenvalue weighted by Gasteiger charge is -2.37. The summed E-state index contributed by atoms with van der Waals surface area (Å²) in [5.41, 5.74) is -0.319. The van der Waals surface area contributed by atoms with Crippen LogP contribution in [0.3, 0.4) is 0 Å². The highest BCUT2D eigenvalue weighted by Crippen LogP contribution is 2.14. The minimum Gasteiger partial charge on any atom is -0.389 e. The molecule has 0 aromatic carbocycles. The second kappa shape index (κ2) is 5.51. The Balaban J connectivity index is 1.91. The first kappa shape index (κ1) is 13.7. The smallest absolute Gasteiger partial charge is 0.158 e. The molecule has 19 heavy (non-hydrogen) atoms. The lowest BCUT2D eigenvalue weighted by molar-refractivity contribution is 0.0344. The number of β-amino-alcohol motifs (C(OH)–C–C–N with tert-alkyl or cyclic N) is 1. The van der Waals surface area contributed by atoms with Gasteiger partial charge in [-0.3, -0.25) is 4.90 Å². The highest BCUT2D eigenvalue weighted by molar-refractivity contribution is 5.37. The first-order valence-electron chi connectivity index (χ1n) is 6.40. The van der Waals surface area contributed by atoms with E-state index in [-0.39, 0.29) is 0 Å². The molecule has 1 fully saturated rings. The number of anilines is 1. The van der Waals surface area contributed by atoms with E-state index in [1.54, 1.807) is 6.20 Å². The number of aliphatic hydroxyl groups is 1. The predicted octanol–water partition coefficient (Wildman–Crippen LogP) is 0.241. The van der Waals surface area contributed by atoms with E-state index in [0.717, 1.165) is 32.0 Å². The molecule has 0 spiro atoms. The van der Waals surface area contributed by atoms with Crippen LogP contribution in [0.25, 0.3) is 0 Å². The van der Waals surface area contributed by atoms with Gasteiger partial charge in [0, 0.05) is 32.7 Å². The Morgan fingerprint density at radius 3 is 2.42 bits per heavy atom. The van der Waals surface area contributed by atoms with Crippen LogP contribution < -0.4 is 4.90 Å². The molecule has 1 aliphatic rings. The Bertz CT molecular complexity index is 451. The molecular weight excluding hydrogens is 242 g/mol. The average molecular weight is 261 g/mol. The largest absolute Gasteiger partial charge is 0.389 e. The quantitative estimate of drug-likeness (QED) is 0.840. The predicted molar refractivity (Wildman–Crippen MR) is 71.7 cm³/mol. The zero-order chi connectivity index (χ0) is 13.9. The molecule has 2 rings (SSSR count). The Hall–Kier alpha value is -1.71. The van der Waals surface area contributed by atoms with Crippen molar-refractivity contribution in [2.75, 3.05) is 37.6 Å². The average Bonchev–Trinajstić information content (AvgIpc) is 2.38. The van der Waals surface area contributed by atoms with Gasteiger partial charge in [0.15, 0.2) is 5.69 Å². The number of nitrogens with zero attached hydrogens (tertiary/aromatic N) is 5. The lowest BCUT2D eigenvalue weighted by atomic mass is 10.1. The molecule has 1 saturated heterocycles. The van der Waals surface area contributed by atoms with E-state index in [1.165, 1.54) is 6.20 Å². The molecule has 102 valence electrons. The summed E-state index contributed by atoms with van der Waals surface area (Å²) < 4.78 is 0. The van der Waals surface area contributed by atoms with Crippen LogP contribution in [0, 0.1) is 11.3 Å². The van der Waals surface area contributed by atoms with Crippen LogP contribution in [0.15, 0.2) is 12.4 Å². The van der Waals surface area contributed by atoms with Crippen LogP contribution in [-0.4, -0.2) is 58.3 Å². The zero-order valence-electron chi connectivity index (χ0n) is 11.4. The van der Waals surface area contributed by atoms with Gasteiger partial charge in [-0.15, -0.1) is 0 Å². The third-order valence-electron chi connectivity index (χ3n) is 3.06. The standard InChI is InChI=1S/C13H19N5O/c1-13(2,19)10-17-3-5-18(6-4-17)12-9-15-11(7-14)8-16-12/h8-9,19H,3-6,10H2,1-2H3. The van der Waals surface area contributed by atoms with Crippen LogP contribution in [0.2, 0.25) is 0 Å². The maximum absolute atomic E-state index is 9.80. The monoisotopic (exact) mass is 261 g/mol. The van der Waals surface area contributed by atoms with Crippen molar-refractivity contribution in [3.8, 4) is 6.07 Å². The van der Waals surface area contributed by atoms with Gasteiger partial charge in [0.05, 0.1) is 18.0 Å². The van der Waals surface area contributed by atoms with Crippen molar-refractivity contribution in [1.29, 1.82) is 5.26 Å². The van der Waals surface area contributed by atoms with Crippen molar-refractivity contribution < 1.29 is 5.11 Å². The number of piperazine rings is 1. The molecular formula is C13H19N5O. The number of aromatic nitrogens is 2. The maximum atomic E-state index is 9.80. The van der Waals surface area contributed by atoms with Crippen molar-refractivity contribution >= 4 is 5.82 Å². The number of rotatable bonds is 3. The summed E-state index contributed by atoms with van der Waals surface area (Å²) in [6, 6.07) is 1.96. The van der Waals surface area contributed by atoms with E-state index in [1.807, 2.05) is 19.9 Å². The third-order valence-corrected chi connectivity index (χ3v) is 3.06. The van der Waals surface area contributed by atoms with Crippen LogP contribution in [0.5, 0.6) is 0 Å². The summed E-state index contributed by atoms with van der Waals surface area (Å²) in [6.07, 6.45) is 3.14. The summed E-state index contributed by atoms with van der Waals surface area (Å²) in [5, 5.41) is 18.5. The van der Waals surface area contributed by atoms with Gasteiger partial charge >= 0.3 is 0 Å². The molecule has 1 aromatic heterocycles. The Morgan fingerprint density at radius 1 is 1.26 bits per heavy atom. The van der Waals surface area contributed by atoms with Gasteiger partial charge in [0.2, 0.25) is 0 Å². The van der Waals surface area contributed by atoms with E-state index < -0.39 is 5.60 Å². The topological polar surface area (TPSA) is 76.3 Å². The Labute approximate surface area is 113 Å². The van der Waals surface area contributed by atoms with E-state index in [4.69, 9.17) is 5.26 Å². The minimum atomic E-state index is -0.656. The molecule has 6 nitrogen and oxygen atoms in total. The maximum Gasteiger partial charge on any atom is 0.158 e. The highest BCUT2D eigenvalue weighted by Gasteiger charge is 2.23.